The Morgan fingerprint density at radius 2 is 1.88 bits per heavy atom. The number of benzene rings is 2. The van der Waals surface area contributed by atoms with Crippen LogP contribution in [0.5, 0.6) is 5.75 Å². The van der Waals surface area contributed by atoms with E-state index in [1.54, 1.807) is 6.92 Å². The third-order valence-corrected chi connectivity index (χ3v) is 4.55. The van der Waals surface area contributed by atoms with E-state index in [1.807, 2.05) is 0 Å². The normalized spacial score (nSPS) is 11.3. The second-order valence-corrected chi connectivity index (χ2v) is 6.14. The van der Waals surface area contributed by atoms with E-state index in [-0.39, 0.29) is 15.7 Å². The Bertz CT molecular complexity index is 831. The maximum absolute atomic E-state index is 13.0. The van der Waals surface area contributed by atoms with Gasteiger partial charge in [0.25, 0.3) is 0 Å². The van der Waals surface area contributed by atoms with E-state index in [2.05, 4.69) is 18.1 Å². The van der Waals surface area contributed by atoms with Crippen LogP contribution in [0.2, 0.25) is 10.0 Å². The number of hydrogen-bond acceptors (Lipinski definition) is 3. The lowest BCUT2D eigenvalue weighted by Gasteiger charge is -2.21. The molecule has 0 aliphatic carbocycles. The van der Waals surface area contributed by atoms with Crippen LogP contribution in [0.3, 0.4) is 0 Å². The lowest BCUT2D eigenvalue weighted by atomic mass is 10.1. The highest BCUT2D eigenvalue weighted by molar-refractivity contribution is 7.82. The predicted octanol–water partition coefficient (Wildman–Crippen LogP) is 5.91. The van der Waals surface area contributed by atoms with Gasteiger partial charge in [-0.3, -0.25) is 0 Å². The quantitative estimate of drug-likeness (QED) is 0.539. The number of nitrogens with zero attached hydrogens (tertiary/aromatic N) is 1. The van der Waals surface area contributed by atoms with E-state index in [9.17, 15) is 23.1 Å². The van der Waals surface area contributed by atoms with E-state index in [4.69, 9.17) is 23.2 Å². The molecule has 25 heavy (non-hydrogen) atoms. The molecule has 0 spiro atoms. The molecule has 0 heterocycles. The number of rotatable bonds is 2. The zero-order valence-electron chi connectivity index (χ0n) is 12.5. The fourth-order valence-corrected chi connectivity index (χ4v) is 2.62. The topological polar surface area (TPSA) is 52.6 Å². The van der Waals surface area contributed by atoms with E-state index in [0.29, 0.717) is 9.87 Å². The van der Waals surface area contributed by atoms with Crippen LogP contribution < -0.4 is 9.62 Å². The number of alkyl halides is 3. The highest BCUT2D eigenvalue weighted by Gasteiger charge is 2.34. The number of amides is 2. The maximum atomic E-state index is 13.0. The van der Waals surface area contributed by atoms with Crippen LogP contribution in [-0.2, 0) is 6.18 Å². The van der Waals surface area contributed by atoms with E-state index >= 15 is 0 Å². The number of urea groups is 1. The lowest BCUT2D eigenvalue weighted by molar-refractivity contribution is -0.136. The van der Waals surface area contributed by atoms with Gasteiger partial charge in [0.05, 0.1) is 16.3 Å². The van der Waals surface area contributed by atoms with Gasteiger partial charge in [0.2, 0.25) is 0 Å². The number of phenolic OH excluding ortho intramolecular Hbond substituents is 1. The molecule has 0 bridgehead atoms. The highest BCUT2D eigenvalue weighted by Crippen LogP contribution is 2.42. The molecule has 0 aromatic heterocycles. The summed E-state index contributed by atoms with van der Waals surface area (Å²) in [6.07, 6.45) is -4.65. The molecule has 0 saturated heterocycles. The van der Waals surface area contributed by atoms with Crippen molar-refractivity contribution < 1.29 is 23.1 Å². The van der Waals surface area contributed by atoms with Crippen LogP contribution in [0.4, 0.5) is 29.3 Å². The van der Waals surface area contributed by atoms with Gasteiger partial charge < -0.3 is 10.4 Å². The number of phenols is 1. The summed E-state index contributed by atoms with van der Waals surface area (Å²) in [5, 5.41) is 12.2. The summed E-state index contributed by atoms with van der Waals surface area (Å²) in [6.45, 7) is 1.55. The van der Waals surface area contributed by atoms with Crippen molar-refractivity contribution in [1.82, 2.24) is 0 Å². The fraction of sp³-hybridized carbons (Fsp3) is 0.133. The molecule has 2 N–H and O–H groups in total. The molecule has 0 aliphatic rings. The molecule has 0 saturated carbocycles. The average Bonchev–Trinajstić information content (AvgIpc) is 2.55. The van der Waals surface area contributed by atoms with Crippen LogP contribution >= 0.6 is 36.0 Å². The van der Waals surface area contributed by atoms with Crippen molar-refractivity contribution >= 4 is 53.4 Å². The van der Waals surface area contributed by atoms with Gasteiger partial charge in [0, 0.05) is 5.02 Å². The van der Waals surface area contributed by atoms with Crippen LogP contribution in [0.25, 0.3) is 0 Å². The molecule has 2 aromatic carbocycles. The predicted molar refractivity (Wildman–Crippen MR) is 94.8 cm³/mol. The molecule has 2 rings (SSSR count). The minimum atomic E-state index is -4.65. The van der Waals surface area contributed by atoms with Crippen molar-refractivity contribution in [3.8, 4) is 5.75 Å². The van der Waals surface area contributed by atoms with E-state index < -0.39 is 29.2 Å². The van der Waals surface area contributed by atoms with Crippen molar-refractivity contribution in [1.29, 1.82) is 0 Å². The number of anilines is 2. The van der Waals surface area contributed by atoms with Gasteiger partial charge in [-0.1, -0.05) is 48.1 Å². The van der Waals surface area contributed by atoms with Gasteiger partial charge in [-0.25, -0.2) is 9.10 Å². The van der Waals surface area contributed by atoms with Crippen molar-refractivity contribution in [3.05, 3.63) is 51.5 Å². The molecule has 2 amide bonds. The monoisotopic (exact) mass is 410 g/mol. The number of carbonyl (C=O) groups is 1. The Morgan fingerprint density at radius 1 is 1.28 bits per heavy atom. The molecular formula is C15H11Cl2F3N2O2S. The molecule has 2 aromatic rings. The van der Waals surface area contributed by atoms with Gasteiger partial charge in [-0.15, -0.1) is 0 Å². The second kappa shape index (κ2) is 7.23. The van der Waals surface area contributed by atoms with Gasteiger partial charge >= 0.3 is 12.2 Å². The Morgan fingerprint density at radius 3 is 2.48 bits per heavy atom. The van der Waals surface area contributed by atoms with Gasteiger partial charge in [-0.2, -0.15) is 13.2 Å². The maximum Gasteiger partial charge on any atom is 0.418 e. The fourth-order valence-electron chi connectivity index (χ4n) is 1.97. The zero-order chi connectivity index (χ0) is 18.9. The molecule has 0 unspecified atom stereocenters. The van der Waals surface area contributed by atoms with Gasteiger partial charge in [0.1, 0.15) is 5.69 Å². The highest BCUT2D eigenvalue weighted by atomic mass is 35.5. The molecule has 10 heteroatoms. The molecule has 0 aliphatic heterocycles. The standard InChI is InChI=1S/C15H11Cl2F3N2O2S/c1-7-9(16)6-11(13(23)12(7)17)22(25)14(24)21-10-5-3-2-4-8(10)15(18,19)20/h2-6,23,25H,1H3,(H,21,24). The summed E-state index contributed by atoms with van der Waals surface area (Å²) in [5.74, 6) is -0.474. The first-order valence-corrected chi connectivity index (χ1v) is 7.83. The van der Waals surface area contributed by atoms with Crippen molar-refractivity contribution in [2.75, 3.05) is 9.62 Å². The minimum absolute atomic E-state index is 0.0926. The first kappa shape index (κ1) is 19.6. The van der Waals surface area contributed by atoms with Crippen LogP contribution in [0.1, 0.15) is 11.1 Å². The number of nitrogens with one attached hydrogen (secondary N) is 1. The Balaban J connectivity index is 2.35. The number of thiol groups is 1. The van der Waals surface area contributed by atoms with E-state index in [1.165, 1.54) is 18.2 Å². The SMILES string of the molecule is Cc1c(Cl)cc(N(S)C(=O)Nc2ccccc2C(F)(F)F)c(O)c1Cl. The average molecular weight is 411 g/mol. The molecule has 0 atom stereocenters. The molecule has 4 nitrogen and oxygen atoms in total. The van der Waals surface area contributed by atoms with Crippen molar-refractivity contribution in [2.45, 2.75) is 13.1 Å². The van der Waals surface area contributed by atoms with Gasteiger partial charge in [0.15, 0.2) is 5.75 Å². The molecule has 134 valence electrons. The van der Waals surface area contributed by atoms with Crippen LogP contribution in [0.15, 0.2) is 30.3 Å². The Labute approximate surface area is 156 Å². The smallest absolute Gasteiger partial charge is 0.418 e. The Hall–Kier alpha value is -1.77. The molecule has 0 radical (unpaired) electrons. The van der Waals surface area contributed by atoms with Crippen molar-refractivity contribution in [3.63, 3.8) is 0 Å². The molecular weight excluding hydrogens is 400 g/mol. The first-order chi connectivity index (χ1) is 11.5. The third kappa shape index (κ3) is 4.08. The summed E-state index contributed by atoms with van der Waals surface area (Å²) >= 11 is 15.8. The summed E-state index contributed by atoms with van der Waals surface area (Å²) in [7, 11) is 0. The van der Waals surface area contributed by atoms with Crippen LogP contribution in [-0.4, -0.2) is 11.1 Å². The number of aromatic hydroxyl groups is 1. The number of hydrogen-bond donors (Lipinski definition) is 3. The summed E-state index contributed by atoms with van der Waals surface area (Å²) in [4.78, 5) is 12.2. The summed E-state index contributed by atoms with van der Waals surface area (Å²) in [6, 6.07) is 4.65. The second-order valence-electron chi connectivity index (χ2n) is 4.95. The summed E-state index contributed by atoms with van der Waals surface area (Å²) < 4.78 is 39.5. The van der Waals surface area contributed by atoms with E-state index in [0.717, 1.165) is 12.1 Å². The number of halogens is 5. The number of para-hydroxylation sites is 1. The van der Waals surface area contributed by atoms with Gasteiger partial charge in [-0.05, 0) is 30.7 Å². The molecule has 0 fully saturated rings. The lowest BCUT2D eigenvalue weighted by Crippen LogP contribution is -2.28. The van der Waals surface area contributed by atoms with Crippen LogP contribution in [0, 0.1) is 6.92 Å². The largest absolute Gasteiger partial charge is 0.504 e. The first-order valence-electron chi connectivity index (χ1n) is 6.67. The minimum Gasteiger partial charge on any atom is -0.504 e. The van der Waals surface area contributed by atoms with Crippen molar-refractivity contribution in [2.24, 2.45) is 0 Å². The zero-order valence-corrected chi connectivity index (χ0v) is 14.9. The Kier molecular flexibility index (Phi) is 5.65. The number of carbonyl (C=O) groups excluding carboxylic acids is 1. The third-order valence-electron chi connectivity index (χ3n) is 3.30. The summed E-state index contributed by atoms with van der Waals surface area (Å²) in [5.41, 5.74) is -1.27.